The Morgan fingerprint density at radius 3 is 2.80 bits per heavy atom. The van der Waals surface area contributed by atoms with Gasteiger partial charge in [-0.15, -0.1) is 0 Å². The number of phenolic OH excluding ortho intramolecular Hbond substituents is 1. The number of rotatable bonds is 8. The van der Waals surface area contributed by atoms with Gasteiger partial charge in [0.05, 0.1) is 17.7 Å². The molecule has 1 aliphatic heterocycles. The summed E-state index contributed by atoms with van der Waals surface area (Å²) in [7, 11) is 0. The van der Waals surface area contributed by atoms with Crippen LogP contribution >= 0.6 is 11.6 Å². The fourth-order valence-electron chi connectivity index (χ4n) is 3.15. The van der Waals surface area contributed by atoms with Gasteiger partial charge < -0.3 is 9.84 Å². The zero-order chi connectivity index (χ0) is 18.4. The Bertz CT molecular complexity index is 671. The molecule has 1 heterocycles. The second kappa shape index (κ2) is 9.26. The maximum Gasteiger partial charge on any atom is 0.117 e. The van der Waals surface area contributed by atoms with Gasteiger partial charge in [0.25, 0.3) is 0 Å². The summed E-state index contributed by atoms with van der Waals surface area (Å²) in [5.74, 6) is 0.637. The summed E-state index contributed by atoms with van der Waals surface area (Å²) >= 11 is 6.25. The highest BCUT2D eigenvalue weighted by molar-refractivity contribution is 6.32. The fourth-order valence-corrected chi connectivity index (χ4v) is 3.37. The van der Waals surface area contributed by atoms with Gasteiger partial charge in [0.1, 0.15) is 5.75 Å². The van der Waals surface area contributed by atoms with Crippen LogP contribution in [0.4, 0.5) is 0 Å². The molecule has 0 aliphatic carbocycles. The zero-order valence-electron chi connectivity index (χ0n) is 15.5. The third kappa shape index (κ3) is 5.49. The van der Waals surface area contributed by atoms with E-state index < -0.39 is 0 Å². The Kier molecular flexibility index (Phi) is 7.34. The first-order chi connectivity index (χ1) is 11.9. The van der Waals surface area contributed by atoms with Crippen LogP contribution in [0.25, 0.3) is 6.08 Å². The lowest BCUT2D eigenvalue weighted by Gasteiger charge is -2.19. The second-order valence-electron chi connectivity index (χ2n) is 6.96. The van der Waals surface area contributed by atoms with Crippen molar-refractivity contribution in [2.45, 2.75) is 52.6 Å². The van der Waals surface area contributed by atoms with Crippen LogP contribution in [0.5, 0.6) is 5.75 Å². The van der Waals surface area contributed by atoms with Crippen molar-refractivity contribution in [2.24, 2.45) is 5.92 Å². The zero-order valence-corrected chi connectivity index (χ0v) is 16.3. The van der Waals surface area contributed by atoms with Crippen molar-refractivity contribution in [1.29, 1.82) is 0 Å². The van der Waals surface area contributed by atoms with Gasteiger partial charge in [0.2, 0.25) is 0 Å². The standard InChI is InChI=1S/C22H29ClO2/c1-5-6-17(13-18-8-9-19(24)14-21(18)23)7-10-22-20(11-12-25-22)16(4)15(2)3/h8-9,11,13-15,22,24H,4-7,10,12H2,1-3H3/b17-13+. The van der Waals surface area contributed by atoms with Gasteiger partial charge in [0.15, 0.2) is 0 Å². The molecule has 2 rings (SSSR count). The van der Waals surface area contributed by atoms with E-state index in [-0.39, 0.29) is 11.9 Å². The Balaban J connectivity index is 2.08. The molecule has 1 aromatic rings. The van der Waals surface area contributed by atoms with Crippen molar-refractivity contribution >= 4 is 17.7 Å². The van der Waals surface area contributed by atoms with E-state index in [1.54, 1.807) is 12.1 Å². The molecule has 0 aromatic heterocycles. The van der Waals surface area contributed by atoms with E-state index in [4.69, 9.17) is 16.3 Å². The van der Waals surface area contributed by atoms with Crippen LogP contribution in [-0.4, -0.2) is 17.8 Å². The van der Waals surface area contributed by atoms with E-state index in [0.29, 0.717) is 17.5 Å². The summed E-state index contributed by atoms with van der Waals surface area (Å²) in [6.45, 7) is 11.4. The number of aromatic hydroxyl groups is 1. The van der Waals surface area contributed by atoms with Crippen LogP contribution in [0, 0.1) is 5.92 Å². The molecule has 25 heavy (non-hydrogen) atoms. The van der Waals surface area contributed by atoms with Crippen molar-refractivity contribution in [3.8, 4) is 5.75 Å². The minimum atomic E-state index is 0.144. The van der Waals surface area contributed by atoms with Crippen molar-refractivity contribution in [2.75, 3.05) is 6.61 Å². The monoisotopic (exact) mass is 360 g/mol. The van der Waals surface area contributed by atoms with E-state index >= 15 is 0 Å². The second-order valence-corrected chi connectivity index (χ2v) is 7.37. The quantitative estimate of drug-likeness (QED) is 0.569. The molecule has 1 N–H and O–H groups in total. The van der Waals surface area contributed by atoms with Crippen LogP contribution < -0.4 is 0 Å². The summed E-state index contributed by atoms with van der Waals surface area (Å²) in [6.07, 6.45) is 8.53. The topological polar surface area (TPSA) is 29.5 Å². The van der Waals surface area contributed by atoms with Gasteiger partial charge in [-0.1, -0.05) is 63.1 Å². The van der Waals surface area contributed by atoms with Gasteiger partial charge in [-0.25, -0.2) is 0 Å². The SMILES string of the molecule is C=C(C1=CCOC1CC/C(=C/c1ccc(O)cc1Cl)CCC)C(C)C. The lowest BCUT2D eigenvalue weighted by Crippen LogP contribution is -2.13. The first kappa shape index (κ1) is 19.8. The highest BCUT2D eigenvalue weighted by Gasteiger charge is 2.23. The van der Waals surface area contributed by atoms with Crippen LogP contribution in [0.1, 0.15) is 52.0 Å². The third-order valence-corrected chi connectivity index (χ3v) is 4.98. The Morgan fingerprint density at radius 1 is 1.40 bits per heavy atom. The normalized spacial score (nSPS) is 17.9. The molecule has 3 heteroatoms. The molecule has 0 bridgehead atoms. The number of allylic oxidation sites excluding steroid dienone is 1. The molecule has 1 atom stereocenters. The minimum absolute atomic E-state index is 0.144. The highest BCUT2D eigenvalue weighted by atomic mass is 35.5. The van der Waals surface area contributed by atoms with E-state index in [1.165, 1.54) is 16.7 Å². The Labute approximate surface area is 156 Å². The third-order valence-electron chi connectivity index (χ3n) is 4.66. The van der Waals surface area contributed by atoms with Crippen LogP contribution in [0.3, 0.4) is 0 Å². The molecule has 1 unspecified atom stereocenters. The van der Waals surface area contributed by atoms with Crippen molar-refractivity contribution in [1.82, 2.24) is 0 Å². The van der Waals surface area contributed by atoms with E-state index in [9.17, 15) is 5.11 Å². The largest absolute Gasteiger partial charge is 0.508 e. The van der Waals surface area contributed by atoms with Gasteiger partial charge in [-0.05, 0) is 60.1 Å². The van der Waals surface area contributed by atoms with Crippen LogP contribution in [0.15, 0.2) is 47.6 Å². The summed E-state index contributed by atoms with van der Waals surface area (Å²) in [4.78, 5) is 0. The number of ether oxygens (including phenoxy) is 1. The predicted molar refractivity (Wildman–Crippen MR) is 107 cm³/mol. The number of hydrogen-bond donors (Lipinski definition) is 1. The molecule has 0 radical (unpaired) electrons. The maximum absolute atomic E-state index is 9.51. The van der Waals surface area contributed by atoms with Gasteiger partial charge in [0, 0.05) is 0 Å². The van der Waals surface area contributed by atoms with Crippen molar-refractivity contribution in [3.63, 3.8) is 0 Å². The average Bonchev–Trinajstić information content (AvgIpc) is 3.02. The van der Waals surface area contributed by atoms with Gasteiger partial charge >= 0.3 is 0 Å². The number of benzene rings is 1. The maximum atomic E-state index is 9.51. The van der Waals surface area contributed by atoms with Gasteiger partial charge in [-0.2, -0.15) is 0 Å². The first-order valence-corrected chi connectivity index (χ1v) is 9.49. The summed E-state index contributed by atoms with van der Waals surface area (Å²) in [5.41, 5.74) is 4.77. The molecule has 2 nitrogen and oxygen atoms in total. The summed E-state index contributed by atoms with van der Waals surface area (Å²) in [6, 6.07) is 5.13. The first-order valence-electron chi connectivity index (χ1n) is 9.11. The predicted octanol–water partition coefficient (Wildman–Crippen LogP) is 6.55. The van der Waals surface area contributed by atoms with E-state index in [2.05, 4.69) is 39.5 Å². The number of hydrogen-bond acceptors (Lipinski definition) is 2. The molecular formula is C22H29ClO2. The smallest absolute Gasteiger partial charge is 0.117 e. The van der Waals surface area contributed by atoms with Crippen LogP contribution in [-0.2, 0) is 4.74 Å². The molecule has 1 aliphatic rings. The molecular weight excluding hydrogens is 332 g/mol. The van der Waals surface area contributed by atoms with Crippen LogP contribution in [0.2, 0.25) is 5.02 Å². The summed E-state index contributed by atoms with van der Waals surface area (Å²) in [5, 5.41) is 10.1. The Hall–Kier alpha value is -1.51. The molecule has 0 spiro atoms. The van der Waals surface area contributed by atoms with Gasteiger partial charge in [-0.3, -0.25) is 0 Å². The van der Waals surface area contributed by atoms with Crippen molar-refractivity contribution < 1.29 is 9.84 Å². The lowest BCUT2D eigenvalue weighted by atomic mass is 9.90. The van der Waals surface area contributed by atoms with Crippen molar-refractivity contribution in [3.05, 3.63) is 58.2 Å². The fraction of sp³-hybridized carbons (Fsp3) is 0.455. The van der Waals surface area contributed by atoms with E-state index in [0.717, 1.165) is 31.2 Å². The van der Waals surface area contributed by atoms with E-state index in [1.807, 2.05) is 6.07 Å². The molecule has 0 fully saturated rings. The Morgan fingerprint density at radius 2 is 2.16 bits per heavy atom. The number of phenols is 1. The highest BCUT2D eigenvalue weighted by Crippen LogP contribution is 2.31. The molecule has 0 amide bonds. The number of halogens is 1. The molecule has 0 saturated carbocycles. The summed E-state index contributed by atoms with van der Waals surface area (Å²) < 4.78 is 5.92. The molecule has 0 saturated heterocycles. The molecule has 1 aromatic carbocycles. The molecule has 136 valence electrons. The lowest BCUT2D eigenvalue weighted by molar-refractivity contribution is 0.116. The average molecular weight is 361 g/mol. The minimum Gasteiger partial charge on any atom is -0.508 e.